The number of thiazole rings is 2. The molecule has 18 heteroatoms. The van der Waals surface area contributed by atoms with Gasteiger partial charge in [-0.05, 0) is 126 Å². The zero-order valence-electron chi connectivity index (χ0n) is 34.7. The maximum absolute atomic E-state index is 10.2. The fourth-order valence-electron chi connectivity index (χ4n) is 5.67. The van der Waals surface area contributed by atoms with Crippen molar-refractivity contribution in [2.24, 2.45) is 20.5 Å². The number of aryl methyl sites for hydroxylation is 2. The SMILES string of the molecule is CC[n+]1ccsc1N=Nc1ccc(N(C)CCCCCN(C)c2ccc(N=Nc3scc[n+]3CC)cc2)cc1.O=S(=O)([O-])Cc1ccccc1.O=S(=O)([O-])Cc1ccccc1. The van der Waals surface area contributed by atoms with Gasteiger partial charge in [0.15, 0.2) is 0 Å². The van der Waals surface area contributed by atoms with Crippen LogP contribution in [0, 0.1) is 0 Å². The molecular formula is C43H52N8O6S4. The quantitative estimate of drug-likeness (QED) is 0.0354. The summed E-state index contributed by atoms with van der Waals surface area (Å²) in [5.74, 6) is -0.846. The molecule has 14 nitrogen and oxygen atoms in total. The third kappa shape index (κ3) is 18.5. The van der Waals surface area contributed by atoms with E-state index in [1.807, 2.05) is 47.4 Å². The number of rotatable bonds is 18. The molecule has 324 valence electrons. The van der Waals surface area contributed by atoms with Crippen molar-refractivity contribution in [2.45, 2.75) is 57.7 Å². The normalized spacial score (nSPS) is 11.5. The molecule has 0 radical (unpaired) electrons. The van der Waals surface area contributed by atoms with Gasteiger partial charge in [-0.25, -0.2) is 26.0 Å². The third-order valence-corrected chi connectivity index (χ3v) is 11.9. The molecule has 0 aliphatic rings. The number of benzene rings is 4. The van der Waals surface area contributed by atoms with E-state index in [0.717, 1.165) is 60.7 Å². The van der Waals surface area contributed by atoms with E-state index in [9.17, 15) is 25.9 Å². The molecule has 0 atom stereocenters. The number of aromatic nitrogens is 2. The molecule has 6 aromatic rings. The summed E-state index contributed by atoms with van der Waals surface area (Å²) in [5, 5.41) is 23.5. The van der Waals surface area contributed by atoms with E-state index in [4.69, 9.17) is 0 Å². The van der Waals surface area contributed by atoms with Crippen molar-refractivity contribution in [1.82, 2.24) is 0 Å². The Morgan fingerprint density at radius 1 is 0.525 bits per heavy atom. The molecule has 0 spiro atoms. The lowest BCUT2D eigenvalue weighted by molar-refractivity contribution is -0.677. The largest absolute Gasteiger partial charge is 0.748 e. The second-order valence-corrected chi connectivity index (χ2v) is 18.2. The topological polar surface area (TPSA) is 178 Å². The highest BCUT2D eigenvalue weighted by atomic mass is 32.2. The van der Waals surface area contributed by atoms with E-state index < -0.39 is 31.7 Å². The van der Waals surface area contributed by atoms with Crippen LogP contribution in [0.15, 0.2) is 153 Å². The highest BCUT2D eigenvalue weighted by Gasteiger charge is 2.11. The standard InChI is InChI=1S/C29H38N8S2.2C7H8O3S/c1-5-36-20-22-38-28(36)32-30-24-10-14-26(15-11-24)34(3)18-8-7-9-19-35(4)27-16-12-25(13-17-27)31-33-29-37(6-2)21-23-39-29;2*8-11(9,10)6-7-4-2-1-3-5-7/h10-17,20-23H,5-9,18-19H2,1-4H3;2*1-5H,6H2,(H,8,9,10)/q+2;;/p-2. The Kier molecular flexibility index (Phi) is 19.8. The lowest BCUT2D eigenvalue weighted by Crippen LogP contribution is -2.28. The lowest BCUT2D eigenvalue weighted by atomic mass is 10.2. The molecule has 4 aromatic carbocycles. The van der Waals surface area contributed by atoms with Crippen molar-refractivity contribution in [1.29, 1.82) is 0 Å². The highest BCUT2D eigenvalue weighted by molar-refractivity contribution is 7.85. The molecule has 61 heavy (non-hydrogen) atoms. The Morgan fingerprint density at radius 3 is 1.21 bits per heavy atom. The predicted octanol–water partition coefficient (Wildman–Crippen LogP) is 9.46. The van der Waals surface area contributed by atoms with Gasteiger partial charge in [-0.15, -0.1) is 0 Å². The smallest absolute Gasteiger partial charge is 0.408 e. The molecule has 2 heterocycles. The summed E-state index contributed by atoms with van der Waals surface area (Å²) in [6.07, 6.45) is 7.57. The van der Waals surface area contributed by atoms with Crippen molar-refractivity contribution >= 4 is 75.9 Å². The van der Waals surface area contributed by atoms with Gasteiger partial charge < -0.3 is 18.9 Å². The summed E-state index contributed by atoms with van der Waals surface area (Å²) >= 11 is 3.20. The fraction of sp³-hybridized carbons (Fsp3) is 0.302. The Hall–Kier alpha value is -5.24. The average Bonchev–Trinajstić information content (AvgIpc) is 3.91. The van der Waals surface area contributed by atoms with Crippen LogP contribution < -0.4 is 18.9 Å². The van der Waals surface area contributed by atoms with Crippen LogP contribution in [0.4, 0.5) is 33.0 Å². The summed E-state index contributed by atoms with van der Waals surface area (Å²) in [6.45, 7) is 8.06. The van der Waals surface area contributed by atoms with Gasteiger partial charge in [-0.1, -0.05) is 60.7 Å². The molecule has 0 aliphatic carbocycles. The van der Waals surface area contributed by atoms with Crippen molar-refractivity contribution < 1.29 is 35.1 Å². The number of hydrogen-bond donors (Lipinski definition) is 0. The van der Waals surface area contributed by atoms with Crippen LogP contribution in [-0.4, -0.2) is 53.1 Å². The number of nitrogens with zero attached hydrogens (tertiary/aromatic N) is 8. The second-order valence-electron chi connectivity index (χ2n) is 13.7. The summed E-state index contributed by atoms with van der Waals surface area (Å²) < 4.78 is 65.6. The first-order valence-electron chi connectivity index (χ1n) is 19.6. The van der Waals surface area contributed by atoms with Gasteiger partial charge in [-0.2, -0.15) is 0 Å². The van der Waals surface area contributed by atoms with Gasteiger partial charge in [0.25, 0.3) is 0 Å². The Bertz CT molecular complexity index is 2290. The van der Waals surface area contributed by atoms with E-state index in [1.54, 1.807) is 83.3 Å². The Morgan fingerprint density at radius 2 is 0.885 bits per heavy atom. The molecular weight excluding hydrogens is 853 g/mol. The molecule has 0 N–H and O–H groups in total. The van der Waals surface area contributed by atoms with Crippen molar-refractivity contribution in [3.63, 3.8) is 0 Å². The molecule has 2 aromatic heterocycles. The summed E-state index contributed by atoms with van der Waals surface area (Å²) in [4.78, 5) is 4.61. The van der Waals surface area contributed by atoms with E-state index in [-0.39, 0.29) is 0 Å². The van der Waals surface area contributed by atoms with Crippen LogP contribution in [0.25, 0.3) is 0 Å². The third-order valence-electron chi connectivity index (χ3n) is 8.94. The minimum absolute atomic E-state index is 0.423. The molecule has 0 fully saturated rings. The molecule has 0 bridgehead atoms. The van der Waals surface area contributed by atoms with Crippen molar-refractivity contribution in [2.75, 3.05) is 37.0 Å². The van der Waals surface area contributed by atoms with E-state index >= 15 is 0 Å². The predicted molar refractivity (Wildman–Crippen MR) is 242 cm³/mol. The van der Waals surface area contributed by atoms with Crippen LogP contribution in [0.3, 0.4) is 0 Å². The Balaban J connectivity index is 0.000000301. The molecule has 6 rings (SSSR count). The number of azo groups is 2. The van der Waals surface area contributed by atoms with Crippen LogP contribution in [-0.2, 0) is 44.8 Å². The zero-order chi connectivity index (χ0) is 44.1. The Labute approximate surface area is 367 Å². The number of unbranched alkanes of at least 4 members (excludes halogenated alkanes) is 2. The average molecular weight is 905 g/mol. The maximum Gasteiger partial charge on any atom is 0.408 e. The van der Waals surface area contributed by atoms with E-state index in [1.165, 1.54) is 17.8 Å². The first-order chi connectivity index (χ1) is 29.2. The first kappa shape index (κ1) is 48.4. The highest BCUT2D eigenvalue weighted by Crippen LogP contribution is 2.24. The van der Waals surface area contributed by atoms with E-state index in [0.29, 0.717) is 11.1 Å². The second kappa shape index (κ2) is 24.9. The van der Waals surface area contributed by atoms with Crippen molar-refractivity contribution in [3.8, 4) is 0 Å². The minimum Gasteiger partial charge on any atom is -0.748 e. The zero-order valence-corrected chi connectivity index (χ0v) is 38.0. The minimum atomic E-state index is -4.13. The monoisotopic (exact) mass is 904 g/mol. The molecule has 0 saturated carbocycles. The first-order valence-corrected chi connectivity index (χ1v) is 24.5. The van der Waals surface area contributed by atoms with E-state index in [2.05, 4.69) is 91.6 Å². The molecule has 0 aliphatic heterocycles. The molecule has 0 saturated heterocycles. The summed E-state index contributed by atoms with van der Waals surface area (Å²) in [6, 6.07) is 33.3. The van der Waals surface area contributed by atoms with Gasteiger partial charge in [0.05, 0.1) is 55.1 Å². The summed E-state index contributed by atoms with van der Waals surface area (Å²) in [7, 11) is -3.95. The van der Waals surface area contributed by atoms with Gasteiger partial charge in [0.1, 0.15) is 23.8 Å². The van der Waals surface area contributed by atoms with Crippen LogP contribution in [0.1, 0.15) is 44.2 Å². The summed E-state index contributed by atoms with van der Waals surface area (Å²) in [5.41, 5.74) is 5.20. The number of hydrogen-bond acceptors (Lipinski definition) is 14. The van der Waals surface area contributed by atoms with Crippen LogP contribution >= 0.6 is 22.7 Å². The van der Waals surface area contributed by atoms with Crippen LogP contribution in [0.5, 0.6) is 0 Å². The molecule has 0 amide bonds. The lowest BCUT2D eigenvalue weighted by Gasteiger charge is -2.21. The van der Waals surface area contributed by atoms with Crippen molar-refractivity contribution in [3.05, 3.63) is 143 Å². The van der Waals surface area contributed by atoms with Gasteiger partial charge >= 0.3 is 10.3 Å². The van der Waals surface area contributed by atoms with Gasteiger partial charge in [0.2, 0.25) is 0 Å². The number of anilines is 2. The van der Waals surface area contributed by atoms with Crippen LogP contribution in [0.2, 0.25) is 0 Å². The molecule has 0 unspecified atom stereocenters. The van der Waals surface area contributed by atoms with Gasteiger partial charge in [-0.3, -0.25) is 0 Å². The van der Waals surface area contributed by atoms with Gasteiger partial charge in [0, 0.05) is 49.3 Å². The fourth-order valence-corrected chi connectivity index (χ4v) is 8.36. The maximum atomic E-state index is 10.2.